The first kappa shape index (κ1) is 15.9. The highest BCUT2D eigenvalue weighted by Crippen LogP contribution is 2.32. The number of ketones is 1. The molecule has 0 atom stereocenters. The third kappa shape index (κ3) is 2.78. The molecule has 1 aromatic carbocycles. The van der Waals surface area contributed by atoms with Crippen LogP contribution in [0.4, 0.5) is 10.2 Å². The fourth-order valence-electron chi connectivity index (χ4n) is 1.93. The van der Waals surface area contributed by atoms with Crippen LogP contribution in [0.3, 0.4) is 0 Å². The number of hydrogen-bond acceptors (Lipinski definition) is 5. The Labute approximate surface area is 131 Å². The molecule has 5 nitrogen and oxygen atoms in total. The van der Waals surface area contributed by atoms with Crippen molar-refractivity contribution >= 4 is 29.3 Å². The smallest absolute Gasteiger partial charge is 0.178 e. The minimum absolute atomic E-state index is 0.0271. The minimum Gasteiger partial charge on any atom is -0.495 e. The van der Waals surface area contributed by atoms with E-state index in [1.165, 1.54) is 26.2 Å². The summed E-state index contributed by atoms with van der Waals surface area (Å²) in [4.78, 5) is 19.8. The predicted molar refractivity (Wildman–Crippen MR) is 83.5 cm³/mol. The number of aromatic nitrogens is 2. The van der Waals surface area contributed by atoms with E-state index in [4.69, 9.17) is 22.1 Å². The van der Waals surface area contributed by atoms with Crippen LogP contribution in [0.15, 0.2) is 18.7 Å². The third-order valence-electron chi connectivity index (χ3n) is 3.00. The van der Waals surface area contributed by atoms with Crippen molar-refractivity contribution in [2.75, 3.05) is 12.8 Å². The van der Waals surface area contributed by atoms with Gasteiger partial charge in [-0.1, -0.05) is 24.3 Å². The molecule has 0 amide bonds. The van der Waals surface area contributed by atoms with Gasteiger partial charge in [0.25, 0.3) is 0 Å². The van der Waals surface area contributed by atoms with Crippen LogP contribution in [-0.2, 0) is 0 Å². The fraction of sp³-hybridized carbons (Fsp3) is 0.133. The van der Waals surface area contributed by atoms with Gasteiger partial charge in [-0.05, 0) is 12.1 Å². The maximum Gasteiger partial charge on any atom is 0.178 e. The van der Waals surface area contributed by atoms with E-state index in [2.05, 4.69) is 16.5 Å². The van der Waals surface area contributed by atoms with E-state index in [9.17, 15) is 9.18 Å². The number of anilines is 1. The Hall–Kier alpha value is -2.47. The molecule has 2 aromatic rings. The first-order valence-corrected chi connectivity index (χ1v) is 6.61. The van der Waals surface area contributed by atoms with Crippen molar-refractivity contribution < 1.29 is 13.9 Å². The molecule has 0 aliphatic rings. The Balaban J connectivity index is 2.73. The molecule has 2 N–H and O–H groups in total. The van der Waals surface area contributed by atoms with E-state index in [0.717, 1.165) is 6.07 Å². The van der Waals surface area contributed by atoms with Gasteiger partial charge in [-0.3, -0.25) is 4.79 Å². The normalized spacial score (nSPS) is 10.4. The van der Waals surface area contributed by atoms with Crippen LogP contribution in [0.2, 0.25) is 5.02 Å². The summed E-state index contributed by atoms with van der Waals surface area (Å²) in [6, 6.07) is 2.44. The Bertz CT molecular complexity index is 778. The molecule has 0 spiro atoms. The zero-order valence-corrected chi connectivity index (χ0v) is 12.7. The molecule has 0 aliphatic carbocycles. The molecule has 7 heteroatoms. The van der Waals surface area contributed by atoms with Gasteiger partial charge in [0.15, 0.2) is 11.6 Å². The van der Waals surface area contributed by atoms with Crippen LogP contribution in [0.25, 0.3) is 17.5 Å². The van der Waals surface area contributed by atoms with Crippen LogP contribution in [0, 0.1) is 5.82 Å². The molecule has 0 unspecified atom stereocenters. The summed E-state index contributed by atoms with van der Waals surface area (Å²) in [5.74, 6) is -0.700. The number of benzene rings is 1. The van der Waals surface area contributed by atoms with Crippen LogP contribution in [0.1, 0.15) is 23.0 Å². The molecule has 0 bridgehead atoms. The van der Waals surface area contributed by atoms with Crippen molar-refractivity contribution in [3.8, 4) is 17.1 Å². The largest absolute Gasteiger partial charge is 0.495 e. The number of carbonyl (C=O) groups excluding carboxylic acids is 1. The molecule has 1 aromatic heterocycles. The molecular formula is C15H13ClFN3O2. The van der Waals surface area contributed by atoms with Gasteiger partial charge in [-0.15, -0.1) is 0 Å². The first-order valence-electron chi connectivity index (χ1n) is 6.23. The topological polar surface area (TPSA) is 78.1 Å². The average Bonchev–Trinajstić information content (AvgIpc) is 2.46. The van der Waals surface area contributed by atoms with Crippen molar-refractivity contribution in [2.45, 2.75) is 6.92 Å². The van der Waals surface area contributed by atoms with E-state index in [-0.39, 0.29) is 39.5 Å². The number of Topliss-reactive ketones (excluding diaryl/α,β-unsaturated/α-hetero) is 1. The zero-order valence-electron chi connectivity index (χ0n) is 12.0. The molecule has 0 saturated heterocycles. The number of carbonyl (C=O) groups is 1. The standard InChI is InChI=1S/C15H13ClFN3O2/c1-4-8-13(7(2)21)19-15(20-14(8)18)9-5-12(22-3)10(16)6-11(9)17/h4-6H,1H2,2-3H3,(H2,18,19,20). The van der Waals surface area contributed by atoms with Crippen molar-refractivity contribution in [3.63, 3.8) is 0 Å². The molecule has 2 rings (SSSR count). The molecule has 22 heavy (non-hydrogen) atoms. The van der Waals surface area contributed by atoms with Crippen LogP contribution < -0.4 is 10.5 Å². The quantitative estimate of drug-likeness (QED) is 0.873. The molecule has 1 heterocycles. The van der Waals surface area contributed by atoms with Crippen LogP contribution in [-0.4, -0.2) is 22.9 Å². The van der Waals surface area contributed by atoms with Gasteiger partial charge < -0.3 is 10.5 Å². The number of nitrogens with two attached hydrogens (primary N) is 1. The van der Waals surface area contributed by atoms with Gasteiger partial charge in [0.1, 0.15) is 23.1 Å². The van der Waals surface area contributed by atoms with Gasteiger partial charge in [-0.2, -0.15) is 0 Å². The summed E-state index contributed by atoms with van der Waals surface area (Å²) in [6.45, 7) is 4.90. The predicted octanol–water partition coefficient (Wildman–Crippen LogP) is 3.37. The number of methoxy groups -OCH3 is 1. The van der Waals surface area contributed by atoms with E-state index < -0.39 is 5.82 Å². The Kier molecular flexibility index (Phi) is 4.42. The molecular weight excluding hydrogens is 309 g/mol. The molecule has 114 valence electrons. The molecule has 0 radical (unpaired) electrons. The summed E-state index contributed by atoms with van der Waals surface area (Å²) in [5.41, 5.74) is 6.23. The van der Waals surface area contributed by atoms with Gasteiger partial charge in [0.2, 0.25) is 0 Å². The lowest BCUT2D eigenvalue weighted by atomic mass is 10.1. The summed E-state index contributed by atoms with van der Waals surface area (Å²) < 4.78 is 19.2. The van der Waals surface area contributed by atoms with Crippen molar-refractivity contribution in [1.82, 2.24) is 9.97 Å². The van der Waals surface area contributed by atoms with Gasteiger partial charge in [0, 0.05) is 12.5 Å². The van der Waals surface area contributed by atoms with Crippen LogP contribution in [0.5, 0.6) is 5.75 Å². The Morgan fingerprint density at radius 2 is 2.14 bits per heavy atom. The summed E-state index contributed by atoms with van der Waals surface area (Å²) in [6.07, 6.45) is 1.38. The summed E-state index contributed by atoms with van der Waals surface area (Å²) in [5, 5.41) is 0.117. The minimum atomic E-state index is -0.647. The summed E-state index contributed by atoms with van der Waals surface area (Å²) >= 11 is 5.85. The highest BCUT2D eigenvalue weighted by atomic mass is 35.5. The Morgan fingerprint density at radius 3 is 2.68 bits per heavy atom. The van der Waals surface area contributed by atoms with E-state index in [1.54, 1.807) is 0 Å². The number of hydrogen-bond donors (Lipinski definition) is 1. The maximum absolute atomic E-state index is 14.1. The SMILES string of the molecule is C=Cc1c(N)nc(-c2cc(OC)c(Cl)cc2F)nc1C(C)=O. The Morgan fingerprint density at radius 1 is 1.45 bits per heavy atom. The second-order valence-corrected chi connectivity index (χ2v) is 4.83. The number of halogens is 2. The van der Waals surface area contributed by atoms with Gasteiger partial charge in [-0.25, -0.2) is 14.4 Å². The lowest BCUT2D eigenvalue weighted by Crippen LogP contribution is -2.09. The maximum atomic E-state index is 14.1. The van der Waals surface area contributed by atoms with Crippen molar-refractivity contribution in [2.24, 2.45) is 0 Å². The third-order valence-corrected chi connectivity index (χ3v) is 3.29. The second kappa shape index (κ2) is 6.11. The number of rotatable bonds is 4. The highest BCUT2D eigenvalue weighted by Gasteiger charge is 2.18. The van der Waals surface area contributed by atoms with Crippen molar-refractivity contribution in [1.29, 1.82) is 0 Å². The highest BCUT2D eigenvalue weighted by molar-refractivity contribution is 6.32. The van der Waals surface area contributed by atoms with E-state index >= 15 is 0 Å². The summed E-state index contributed by atoms with van der Waals surface area (Å²) in [7, 11) is 1.40. The first-order chi connectivity index (χ1) is 10.4. The van der Waals surface area contributed by atoms with E-state index in [1.807, 2.05) is 0 Å². The second-order valence-electron chi connectivity index (χ2n) is 4.42. The van der Waals surface area contributed by atoms with Crippen molar-refractivity contribution in [3.05, 3.63) is 40.8 Å². The zero-order chi connectivity index (χ0) is 16.4. The lowest BCUT2D eigenvalue weighted by Gasteiger charge is -2.11. The lowest BCUT2D eigenvalue weighted by molar-refractivity contribution is 0.101. The molecule has 0 fully saturated rings. The fourth-order valence-corrected chi connectivity index (χ4v) is 2.16. The number of nitrogen functional groups attached to an aromatic ring is 1. The molecule has 0 saturated carbocycles. The number of ether oxygens (including phenoxy) is 1. The monoisotopic (exact) mass is 321 g/mol. The van der Waals surface area contributed by atoms with Crippen LogP contribution >= 0.6 is 11.6 Å². The number of nitrogens with zero attached hydrogens (tertiary/aromatic N) is 2. The van der Waals surface area contributed by atoms with Gasteiger partial charge in [0.05, 0.1) is 17.7 Å². The molecule has 0 aliphatic heterocycles. The van der Waals surface area contributed by atoms with E-state index in [0.29, 0.717) is 5.56 Å². The van der Waals surface area contributed by atoms with Gasteiger partial charge >= 0.3 is 0 Å². The average molecular weight is 322 g/mol.